The Hall–Kier alpha value is -0.860. The Balaban J connectivity index is 1.54. The van der Waals surface area contributed by atoms with Crippen LogP contribution in [0.25, 0.3) is 0 Å². The molecule has 3 rings (SSSR count). The van der Waals surface area contributed by atoms with Crippen molar-refractivity contribution >= 4 is 0 Å². The van der Waals surface area contributed by atoms with Crippen LogP contribution in [0.4, 0.5) is 0 Å². The van der Waals surface area contributed by atoms with Gasteiger partial charge in [-0.25, -0.2) is 0 Å². The number of benzene rings is 1. The molecule has 0 radical (unpaired) electrons. The van der Waals surface area contributed by atoms with Gasteiger partial charge in [0.15, 0.2) is 0 Å². The maximum absolute atomic E-state index is 3.67. The zero-order valence-electron chi connectivity index (χ0n) is 11.3. The first-order chi connectivity index (χ1) is 8.86. The van der Waals surface area contributed by atoms with Gasteiger partial charge >= 0.3 is 0 Å². The molecule has 0 spiro atoms. The molecule has 2 nitrogen and oxygen atoms in total. The third-order valence-electron chi connectivity index (χ3n) is 4.49. The molecule has 1 aromatic carbocycles. The van der Waals surface area contributed by atoms with Crippen LogP contribution >= 0.6 is 0 Å². The fraction of sp³-hybridized carbons (Fsp3) is 0.625. The molecular formula is C16H24N2. The van der Waals surface area contributed by atoms with Crippen LogP contribution in [-0.4, -0.2) is 36.6 Å². The Morgan fingerprint density at radius 1 is 1.28 bits per heavy atom. The summed E-state index contributed by atoms with van der Waals surface area (Å²) in [5, 5.41) is 3.67. The molecule has 1 aliphatic carbocycles. The second-order valence-corrected chi connectivity index (χ2v) is 5.81. The van der Waals surface area contributed by atoms with Gasteiger partial charge in [-0.05, 0) is 24.3 Å². The van der Waals surface area contributed by atoms with Crippen LogP contribution in [0, 0.1) is 5.92 Å². The van der Waals surface area contributed by atoms with Gasteiger partial charge in [0.1, 0.15) is 0 Å². The van der Waals surface area contributed by atoms with Crippen molar-refractivity contribution < 1.29 is 0 Å². The monoisotopic (exact) mass is 244 g/mol. The maximum atomic E-state index is 3.67. The van der Waals surface area contributed by atoms with E-state index in [-0.39, 0.29) is 0 Å². The lowest BCUT2D eigenvalue weighted by molar-refractivity contribution is 0.182. The van der Waals surface area contributed by atoms with E-state index in [1.54, 1.807) is 0 Å². The van der Waals surface area contributed by atoms with Crippen molar-refractivity contribution in [2.45, 2.75) is 38.3 Å². The highest BCUT2D eigenvalue weighted by Crippen LogP contribution is 2.38. The first-order valence-corrected chi connectivity index (χ1v) is 7.38. The lowest BCUT2D eigenvalue weighted by atomic mass is 10.0. The maximum Gasteiger partial charge on any atom is 0.0236 e. The summed E-state index contributed by atoms with van der Waals surface area (Å²) in [6, 6.07) is 12.4. The van der Waals surface area contributed by atoms with Gasteiger partial charge in [-0.2, -0.15) is 0 Å². The molecule has 0 aromatic heterocycles. The number of nitrogens with zero attached hydrogens (tertiary/aromatic N) is 1. The lowest BCUT2D eigenvalue weighted by Crippen LogP contribution is -2.52. The van der Waals surface area contributed by atoms with Gasteiger partial charge in [0, 0.05) is 31.7 Å². The summed E-state index contributed by atoms with van der Waals surface area (Å²) < 4.78 is 0. The van der Waals surface area contributed by atoms with Gasteiger partial charge in [0.05, 0.1) is 0 Å². The van der Waals surface area contributed by atoms with E-state index < -0.39 is 0 Å². The quantitative estimate of drug-likeness (QED) is 0.874. The Bertz CT molecular complexity index is 376. The molecule has 1 saturated heterocycles. The minimum Gasteiger partial charge on any atom is -0.311 e. The number of hydrogen-bond donors (Lipinski definition) is 1. The highest BCUT2D eigenvalue weighted by atomic mass is 15.2. The van der Waals surface area contributed by atoms with E-state index in [0.717, 1.165) is 18.5 Å². The van der Waals surface area contributed by atoms with Crippen LogP contribution in [0.15, 0.2) is 30.3 Å². The van der Waals surface area contributed by atoms with Crippen molar-refractivity contribution in [2.24, 2.45) is 5.92 Å². The fourth-order valence-corrected chi connectivity index (χ4v) is 3.31. The fourth-order valence-electron chi connectivity index (χ4n) is 3.31. The predicted molar refractivity (Wildman–Crippen MR) is 75.7 cm³/mol. The highest BCUT2D eigenvalue weighted by Gasteiger charge is 2.41. The average molecular weight is 244 g/mol. The normalized spacial score (nSPS) is 32.4. The summed E-state index contributed by atoms with van der Waals surface area (Å²) >= 11 is 0. The van der Waals surface area contributed by atoms with E-state index >= 15 is 0 Å². The van der Waals surface area contributed by atoms with Crippen molar-refractivity contribution in [2.75, 3.05) is 19.6 Å². The van der Waals surface area contributed by atoms with Crippen molar-refractivity contribution in [3.63, 3.8) is 0 Å². The molecule has 3 atom stereocenters. The van der Waals surface area contributed by atoms with Gasteiger partial charge in [0.25, 0.3) is 0 Å². The number of piperazine rings is 1. The minimum atomic E-state index is 0.638. The van der Waals surface area contributed by atoms with Crippen molar-refractivity contribution in [1.82, 2.24) is 10.2 Å². The summed E-state index contributed by atoms with van der Waals surface area (Å²) in [5.74, 6) is 0.987. The predicted octanol–water partition coefficient (Wildman–Crippen LogP) is 2.30. The molecular weight excluding hydrogens is 220 g/mol. The number of hydrogen-bond acceptors (Lipinski definition) is 2. The van der Waals surface area contributed by atoms with Crippen LogP contribution in [0.2, 0.25) is 0 Å². The average Bonchev–Trinajstić information content (AvgIpc) is 3.20. The van der Waals surface area contributed by atoms with Gasteiger partial charge in [-0.3, -0.25) is 4.90 Å². The van der Waals surface area contributed by atoms with Gasteiger partial charge in [0.2, 0.25) is 0 Å². The third-order valence-corrected chi connectivity index (χ3v) is 4.49. The van der Waals surface area contributed by atoms with Crippen molar-refractivity contribution in [3.8, 4) is 0 Å². The zero-order valence-corrected chi connectivity index (χ0v) is 11.3. The summed E-state index contributed by atoms with van der Waals surface area (Å²) in [7, 11) is 0. The van der Waals surface area contributed by atoms with E-state index in [0.29, 0.717) is 6.04 Å². The molecule has 1 N–H and O–H groups in total. The summed E-state index contributed by atoms with van der Waals surface area (Å²) in [5.41, 5.74) is 1.46. The molecule has 1 saturated carbocycles. The van der Waals surface area contributed by atoms with Gasteiger partial charge < -0.3 is 5.32 Å². The first kappa shape index (κ1) is 12.2. The highest BCUT2D eigenvalue weighted by molar-refractivity contribution is 5.16. The van der Waals surface area contributed by atoms with Gasteiger partial charge in [-0.1, -0.05) is 43.7 Å². The van der Waals surface area contributed by atoms with E-state index in [4.69, 9.17) is 0 Å². The van der Waals surface area contributed by atoms with Crippen LogP contribution < -0.4 is 5.32 Å². The number of nitrogens with one attached hydrogen (secondary N) is 1. The molecule has 2 fully saturated rings. The summed E-state index contributed by atoms with van der Waals surface area (Å²) in [6.07, 6.45) is 3.97. The van der Waals surface area contributed by atoms with Crippen molar-refractivity contribution in [1.29, 1.82) is 0 Å². The molecule has 3 unspecified atom stereocenters. The Morgan fingerprint density at radius 3 is 2.83 bits per heavy atom. The van der Waals surface area contributed by atoms with E-state index in [9.17, 15) is 0 Å². The van der Waals surface area contributed by atoms with Gasteiger partial charge in [-0.15, -0.1) is 0 Å². The van der Waals surface area contributed by atoms with Crippen LogP contribution in [0.5, 0.6) is 0 Å². The molecule has 1 heterocycles. The number of rotatable bonds is 4. The molecule has 2 heteroatoms. The van der Waals surface area contributed by atoms with E-state index in [1.807, 2.05) is 0 Å². The molecule has 2 aliphatic rings. The first-order valence-electron chi connectivity index (χ1n) is 7.38. The molecule has 98 valence electrons. The molecule has 0 amide bonds. The van der Waals surface area contributed by atoms with Crippen LogP contribution in [0.1, 0.15) is 25.3 Å². The molecule has 1 aliphatic heterocycles. The smallest absolute Gasteiger partial charge is 0.0236 e. The van der Waals surface area contributed by atoms with E-state index in [1.165, 1.54) is 37.9 Å². The van der Waals surface area contributed by atoms with E-state index in [2.05, 4.69) is 47.5 Å². The SMILES string of the molecule is CCC1CC1N1CCNC(Cc2ccccc2)C1. The van der Waals surface area contributed by atoms with Crippen LogP contribution in [0.3, 0.4) is 0 Å². The molecule has 18 heavy (non-hydrogen) atoms. The Morgan fingerprint density at radius 2 is 2.11 bits per heavy atom. The standard InChI is InChI=1S/C16H24N2/c1-2-14-11-16(14)18-9-8-17-15(12-18)10-13-6-4-3-5-7-13/h3-7,14-17H,2,8-12H2,1H3. The lowest BCUT2D eigenvalue weighted by Gasteiger charge is -2.34. The largest absolute Gasteiger partial charge is 0.311 e. The second kappa shape index (κ2) is 5.41. The summed E-state index contributed by atoms with van der Waals surface area (Å²) in [4.78, 5) is 2.72. The molecule has 0 bridgehead atoms. The molecule has 1 aromatic rings. The topological polar surface area (TPSA) is 15.3 Å². The Kier molecular flexibility index (Phi) is 3.67. The summed E-state index contributed by atoms with van der Waals surface area (Å²) in [6.45, 7) is 5.96. The third kappa shape index (κ3) is 2.76. The van der Waals surface area contributed by atoms with Crippen LogP contribution in [-0.2, 0) is 6.42 Å². The Labute approximate surface area is 110 Å². The minimum absolute atomic E-state index is 0.638. The zero-order chi connectivity index (χ0) is 12.4. The van der Waals surface area contributed by atoms with Crippen molar-refractivity contribution in [3.05, 3.63) is 35.9 Å². The second-order valence-electron chi connectivity index (χ2n) is 5.81.